The average Bonchev–Trinajstić information content (AvgIpc) is 2.81. The lowest BCUT2D eigenvalue weighted by atomic mass is 9.98. The summed E-state index contributed by atoms with van der Waals surface area (Å²) in [5, 5.41) is 12.8. The van der Waals surface area contributed by atoms with Crippen LogP contribution in [0.1, 0.15) is 30.8 Å². The van der Waals surface area contributed by atoms with Gasteiger partial charge in [-0.3, -0.25) is 14.9 Å². The van der Waals surface area contributed by atoms with Gasteiger partial charge in [0.25, 0.3) is 5.69 Å². The van der Waals surface area contributed by atoms with Crippen molar-refractivity contribution in [3.8, 4) is 5.75 Å². The van der Waals surface area contributed by atoms with E-state index in [1.165, 1.54) is 24.3 Å². The molecule has 1 N–H and O–H groups in total. The molecule has 1 saturated heterocycles. The van der Waals surface area contributed by atoms with E-state index in [9.17, 15) is 28.1 Å². The second kappa shape index (κ2) is 10.2. The molecule has 2 aliphatic rings. The number of halogens is 3. The predicted molar refractivity (Wildman–Crippen MR) is 114 cm³/mol. The number of alkyl halides is 3. The zero-order valence-corrected chi connectivity index (χ0v) is 18.6. The minimum atomic E-state index is -5.10. The molecule has 0 aliphatic carbocycles. The van der Waals surface area contributed by atoms with Crippen molar-refractivity contribution >= 4 is 11.6 Å². The fourth-order valence-corrected chi connectivity index (χ4v) is 4.11. The number of benzene rings is 2. The number of hydrogen-bond donors (Lipinski definition) is 1. The van der Waals surface area contributed by atoms with Crippen molar-refractivity contribution in [1.82, 2.24) is 5.32 Å². The Balaban J connectivity index is 1.52. The maximum Gasteiger partial charge on any atom is 0.471 e. The molecule has 4 rings (SSSR count). The van der Waals surface area contributed by atoms with Gasteiger partial charge in [0.15, 0.2) is 12.6 Å². The SMILES string of the molecule is C[C@@H]1O[C@@H](O[C@@H]2OCCc3ccccc32)C[C@H](NC(=O)C(F)(F)F)[C@@H]1Oc1ccc([N+](=O)[O-])cc1. The number of nitrogens with zero attached hydrogens (tertiary/aromatic N) is 1. The van der Waals surface area contributed by atoms with E-state index in [0.29, 0.717) is 13.0 Å². The highest BCUT2D eigenvalue weighted by molar-refractivity contribution is 5.82. The molecule has 9 nitrogen and oxygen atoms in total. The van der Waals surface area contributed by atoms with Crippen molar-refractivity contribution in [3.63, 3.8) is 0 Å². The van der Waals surface area contributed by atoms with Crippen molar-refractivity contribution in [1.29, 1.82) is 0 Å². The maximum absolute atomic E-state index is 13.0. The number of nitro benzene ring substituents is 1. The first-order valence-corrected chi connectivity index (χ1v) is 10.9. The molecule has 0 radical (unpaired) electrons. The molecule has 1 fully saturated rings. The number of amides is 1. The second-order valence-corrected chi connectivity index (χ2v) is 8.21. The zero-order chi connectivity index (χ0) is 25.2. The smallest absolute Gasteiger partial charge is 0.471 e. The van der Waals surface area contributed by atoms with Gasteiger partial charge in [0, 0.05) is 24.1 Å². The zero-order valence-electron chi connectivity index (χ0n) is 18.6. The van der Waals surface area contributed by atoms with Crippen LogP contribution in [0.15, 0.2) is 48.5 Å². The van der Waals surface area contributed by atoms with Gasteiger partial charge in [0.05, 0.1) is 23.7 Å². The fraction of sp³-hybridized carbons (Fsp3) is 0.435. The summed E-state index contributed by atoms with van der Waals surface area (Å²) in [7, 11) is 0. The van der Waals surface area contributed by atoms with E-state index in [2.05, 4.69) is 0 Å². The molecule has 2 aliphatic heterocycles. The Hall–Kier alpha value is -3.22. The lowest BCUT2D eigenvalue weighted by molar-refractivity contribution is -0.384. The molecule has 0 unspecified atom stereocenters. The number of fused-ring (bicyclic) bond motifs is 1. The minimum absolute atomic E-state index is 0.147. The molecule has 0 spiro atoms. The Morgan fingerprint density at radius 3 is 2.57 bits per heavy atom. The highest BCUT2D eigenvalue weighted by Gasteiger charge is 2.46. The summed E-state index contributed by atoms with van der Waals surface area (Å²) in [6.07, 6.45) is -8.14. The van der Waals surface area contributed by atoms with E-state index in [1.807, 2.05) is 29.6 Å². The quantitative estimate of drug-likeness (QED) is 0.479. The first-order valence-electron chi connectivity index (χ1n) is 10.9. The van der Waals surface area contributed by atoms with E-state index in [0.717, 1.165) is 11.1 Å². The highest BCUT2D eigenvalue weighted by atomic mass is 19.4. The third-order valence-electron chi connectivity index (χ3n) is 5.79. The molecule has 2 aromatic rings. The van der Waals surface area contributed by atoms with Gasteiger partial charge in [-0.1, -0.05) is 24.3 Å². The summed E-state index contributed by atoms with van der Waals surface area (Å²) in [5.41, 5.74) is 1.66. The van der Waals surface area contributed by atoms with Crippen molar-refractivity contribution < 1.29 is 41.8 Å². The average molecular weight is 496 g/mol. The monoisotopic (exact) mass is 496 g/mol. The van der Waals surface area contributed by atoms with Gasteiger partial charge in [0.1, 0.15) is 11.9 Å². The van der Waals surface area contributed by atoms with Gasteiger partial charge in [0.2, 0.25) is 0 Å². The fourth-order valence-electron chi connectivity index (χ4n) is 4.11. The number of nitro groups is 1. The predicted octanol–water partition coefficient (Wildman–Crippen LogP) is 3.81. The molecule has 0 aromatic heterocycles. The molecule has 12 heteroatoms. The molecule has 5 atom stereocenters. The van der Waals surface area contributed by atoms with Crippen LogP contribution in [0, 0.1) is 10.1 Å². The van der Waals surface area contributed by atoms with Crippen molar-refractivity contribution in [3.05, 3.63) is 69.8 Å². The molecule has 0 saturated carbocycles. The van der Waals surface area contributed by atoms with Crippen LogP contribution in [0.4, 0.5) is 18.9 Å². The van der Waals surface area contributed by atoms with Gasteiger partial charge >= 0.3 is 12.1 Å². The Bertz CT molecular complexity index is 1060. The summed E-state index contributed by atoms with van der Waals surface area (Å²) in [6.45, 7) is 1.98. The normalized spacial score (nSPS) is 26.5. The molecule has 188 valence electrons. The van der Waals surface area contributed by atoms with E-state index in [-0.39, 0.29) is 17.9 Å². The van der Waals surface area contributed by atoms with Crippen LogP contribution in [0.2, 0.25) is 0 Å². The number of carbonyl (C=O) groups is 1. The van der Waals surface area contributed by atoms with Crippen LogP contribution in [-0.4, -0.2) is 48.2 Å². The van der Waals surface area contributed by atoms with Gasteiger partial charge < -0.3 is 24.3 Å². The second-order valence-electron chi connectivity index (χ2n) is 8.21. The number of nitrogens with one attached hydrogen (secondary N) is 1. The van der Waals surface area contributed by atoms with Gasteiger partial charge in [-0.2, -0.15) is 13.2 Å². The van der Waals surface area contributed by atoms with E-state index in [4.69, 9.17) is 18.9 Å². The first-order chi connectivity index (χ1) is 16.6. The van der Waals surface area contributed by atoms with E-state index >= 15 is 0 Å². The molecule has 1 amide bonds. The number of hydrogen-bond acceptors (Lipinski definition) is 7. The van der Waals surface area contributed by atoms with Gasteiger partial charge in [-0.15, -0.1) is 0 Å². The van der Waals surface area contributed by atoms with E-state index in [1.54, 1.807) is 6.92 Å². The van der Waals surface area contributed by atoms with Crippen molar-refractivity contribution in [2.24, 2.45) is 0 Å². The van der Waals surface area contributed by atoms with Crippen molar-refractivity contribution in [2.45, 2.75) is 56.8 Å². The number of rotatable bonds is 6. The van der Waals surface area contributed by atoms with Crippen LogP contribution in [0.3, 0.4) is 0 Å². The molecular formula is C23H23F3N2O7. The standard InChI is InChI=1S/C23H23F3N2O7/c1-13-20(34-16-8-6-15(7-9-16)28(30)31)18(27-22(29)23(24,25)26)12-19(33-13)35-21-17-5-3-2-4-14(17)10-11-32-21/h2-9,13,18-21H,10-12H2,1H3,(H,27,29)/t13-,18-,19-,20+,21-/m0/s1. The van der Waals surface area contributed by atoms with Crippen LogP contribution in [0.5, 0.6) is 5.75 Å². The summed E-state index contributed by atoms with van der Waals surface area (Å²) in [5.74, 6) is -1.95. The Morgan fingerprint density at radius 2 is 1.89 bits per heavy atom. The minimum Gasteiger partial charge on any atom is -0.486 e. The highest BCUT2D eigenvalue weighted by Crippen LogP contribution is 2.33. The Labute approximate surface area is 198 Å². The summed E-state index contributed by atoms with van der Waals surface area (Å²) < 4.78 is 62.4. The third-order valence-corrected chi connectivity index (χ3v) is 5.79. The largest absolute Gasteiger partial charge is 0.486 e. The van der Waals surface area contributed by atoms with E-state index < -0.39 is 47.8 Å². The summed E-state index contributed by atoms with van der Waals surface area (Å²) in [4.78, 5) is 22.0. The van der Waals surface area contributed by atoms with Crippen LogP contribution in [-0.2, 0) is 25.4 Å². The third kappa shape index (κ3) is 5.89. The number of carbonyl (C=O) groups excluding carboxylic acids is 1. The van der Waals surface area contributed by atoms with Crippen LogP contribution >= 0.6 is 0 Å². The molecule has 35 heavy (non-hydrogen) atoms. The number of non-ortho nitro benzene ring substituents is 1. The lowest BCUT2D eigenvalue weighted by Crippen LogP contribution is -2.59. The van der Waals surface area contributed by atoms with Gasteiger partial charge in [-0.25, -0.2) is 0 Å². The molecule has 2 aromatic carbocycles. The molecule has 0 bridgehead atoms. The number of ether oxygens (including phenoxy) is 4. The Kier molecular flexibility index (Phi) is 7.24. The summed E-state index contributed by atoms with van der Waals surface area (Å²) in [6, 6.07) is 11.4. The van der Waals surface area contributed by atoms with Crippen molar-refractivity contribution in [2.75, 3.05) is 6.61 Å². The molecular weight excluding hydrogens is 473 g/mol. The first kappa shape index (κ1) is 24.9. The topological polar surface area (TPSA) is 109 Å². The maximum atomic E-state index is 13.0. The van der Waals surface area contributed by atoms with Crippen LogP contribution in [0.25, 0.3) is 0 Å². The molecule has 2 heterocycles. The summed E-state index contributed by atoms with van der Waals surface area (Å²) >= 11 is 0. The lowest BCUT2D eigenvalue weighted by Gasteiger charge is -2.41. The van der Waals surface area contributed by atoms with Gasteiger partial charge in [-0.05, 0) is 31.0 Å². The Morgan fingerprint density at radius 1 is 1.17 bits per heavy atom. The van der Waals surface area contributed by atoms with Crippen LogP contribution < -0.4 is 10.1 Å².